The van der Waals surface area contributed by atoms with Crippen molar-refractivity contribution in [1.29, 1.82) is 0 Å². The normalized spacial score (nSPS) is 14.9. The number of hydrogen-bond donors (Lipinski definition) is 1. The predicted octanol–water partition coefficient (Wildman–Crippen LogP) is 5.42. The van der Waals surface area contributed by atoms with E-state index in [1.165, 1.54) is 9.69 Å². The molecule has 0 unspecified atom stereocenters. The van der Waals surface area contributed by atoms with Crippen LogP contribution in [0.4, 0.5) is 5.69 Å². The molecule has 5 rings (SSSR count). The lowest BCUT2D eigenvalue weighted by Crippen LogP contribution is -2.21. The number of H-pyrrole nitrogens is 1. The Balaban J connectivity index is 1.41. The second-order valence-corrected chi connectivity index (χ2v) is 8.22. The van der Waals surface area contributed by atoms with Gasteiger partial charge in [0.1, 0.15) is 5.71 Å². The van der Waals surface area contributed by atoms with Crippen LogP contribution >= 0.6 is 0 Å². The number of aromatic amines is 1. The first-order valence-corrected chi connectivity index (χ1v) is 11.6. The number of hydrogen-bond acceptors (Lipinski definition) is 3. The van der Waals surface area contributed by atoms with Crippen LogP contribution in [0, 0.1) is 6.92 Å². The molecule has 2 heterocycles. The Bertz CT molecular complexity index is 1560. The largest absolute Gasteiger partial charge is 0.295 e. The molecule has 0 atom stereocenters. The summed E-state index contributed by atoms with van der Waals surface area (Å²) in [4.78, 5) is 26.1. The monoisotopic (exact) mass is 472 g/mol. The van der Waals surface area contributed by atoms with Crippen LogP contribution in [0.1, 0.15) is 16.8 Å². The summed E-state index contributed by atoms with van der Waals surface area (Å²) in [6, 6.07) is 28.4. The third kappa shape index (κ3) is 4.52. The van der Waals surface area contributed by atoms with Crippen molar-refractivity contribution < 1.29 is 4.79 Å². The summed E-state index contributed by atoms with van der Waals surface area (Å²) in [6.07, 6.45) is 8.90. The van der Waals surface area contributed by atoms with Crippen molar-refractivity contribution in [3.8, 4) is 5.69 Å². The standard InChI is InChI=1S/C30H24N4O2/c1-22-26(29(35)33(31-22)24-16-8-3-9-17-24)20-12-5-13-21-27-28(23-14-6-2-7-15-23)32-34(30(27)36)25-18-10-4-11-19-25/h2-21,31H,1H3/b13-5+,20-12+,27-21+. The van der Waals surface area contributed by atoms with Gasteiger partial charge in [0.25, 0.3) is 11.5 Å². The minimum absolute atomic E-state index is 0.121. The summed E-state index contributed by atoms with van der Waals surface area (Å²) in [5.74, 6) is -0.194. The fourth-order valence-electron chi connectivity index (χ4n) is 4.00. The van der Waals surface area contributed by atoms with E-state index < -0.39 is 0 Å². The Morgan fingerprint density at radius 3 is 2.03 bits per heavy atom. The van der Waals surface area contributed by atoms with Gasteiger partial charge >= 0.3 is 0 Å². The summed E-state index contributed by atoms with van der Waals surface area (Å²) in [5, 5.41) is 9.16. The Morgan fingerprint density at radius 2 is 1.36 bits per heavy atom. The molecule has 0 spiro atoms. The van der Waals surface area contributed by atoms with Gasteiger partial charge in [0.05, 0.1) is 22.5 Å². The summed E-state index contributed by atoms with van der Waals surface area (Å²) in [7, 11) is 0. The maximum atomic E-state index is 13.2. The number of nitrogens with zero attached hydrogens (tertiary/aromatic N) is 3. The number of para-hydroxylation sites is 2. The van der Waals surface area contributed by atoms with Crippen LogP contribution in [0.15, 0.2) is 131 Å². The Morgan fingerprint density at radius 1 is 0.750 bits per heavy atom. The molecule has 1 amide bonds. The molecular formula is C30H24N4O2. The van der Waals surface area contributed by atoms with E-state index in [-0.39, 0.29) is 11.5 Å². The van der Waals surface area contributed by atoms with Crippen LogP contribution in [-0.4, -0.2) is 21.4 Å². The van der Waals surface area contributed by atoms with Gasteiger partial charge in [-0.05, 0) is 43.3 Å². The highest BCUT2D eigenvalue weighted by molar-refractivity contribution is 6.35. The molecule has 3 aromatic carbocycles. The number of rotatable bonds is 6. The molecule has 6 nitrogen and oxygen atoms in total. The molecule has 36 heavy (non-hydrogen) atoms. The molecule has 1 aromatic heterocycles. The van der Waals surface area contributed by atoms with E-state index >= 15 is 0 Å². The molecule has 1 N–H and O–H groups in total. The average molecular weight is 473 g/mol. The zero-order valence-corrected chi connectivity index (χ0v) is 19.7. The third-order valence-corrected chi connectivity index (χ3v) is 5.81. The molecule has 6 heteroatoms. The van der Waals surface area contributed by atoms with Gasteiger partial charge in [-0.2, -0.15) is 10.1 Å². The number of anilines is 1. The van der Waals surface area contributed by atoms with Gasteiger partial charge in [0, 0.05) is 11.3 Å². The van der Waals surface area contributed by atoms with Crippen molar-refractivity contribution in [2.45, 2.75) is 6.92 Å². The fourth-order valence-corrected chi connectivity index (χ4v) is 4.00. The van der Waals surface area contributed by atoms with Crippen LogP contribution in [0.2, 0.25) is 0 Å². The van der Waals surface area contributed by atoms with E-state index in [9.17, 15) is 9.59 Å². The van der Waals surface area contributed by atoms with Gasteiger partial charge < -0.3 is 0 Å². The quantitative estimate of drug-likeness (QED) is 0.301. The first kappa shape index (κ1) is 22.8. The average Bonchev–Trinajstić information content (AvgIpc) is 3.40. The molecule has 0 saturated carbocycles. The van der Waals surface area contributed by atoms with Crippen molar-refractivity contribution in [2.75, 3.05) is 5.01 Å². The smallest absolute Gasteiger partial charge is 0.281 e. The highest BCUT2D eigenvalue weighted by Gasteiger charge is 2.31. The lowest BCUT2D eigenvalue weighted by Gasteiger charge is -2.10. The predicted molar refractivity (Wildman–Crippen MR) is 144 cm³/mol. The molecule has 4 aromatic rings. The maximum Gasteiger partial charge on any atom is 0.281 e. The molecule has 1 aliphatic heterocycles. The van der Waals surface area contributed by atoms with E-state index in [0.717, 1.165) is 16.9 Å². The van der Waals surface area contributed by atoms with Crippen molar-refractivity contribution in [3.63, 3.8) is 0 Å². The van der Waals surface area contributed by atoms with Crippen LogP contribution in [0.3, 0.4) is 0 Å². The van der Waals surface area contributed by atoms with Gasteiger partial charge in [-0.3, -0.25) is 14.7 Å². The number of amides is 1. The summed E-state index contributed by atoms with van der Waals surface area (Å²) in [5.41, 5.74) is 4.70. The Labute approximate surface area is 208 Å². The number of hydrazone groups is 1. The second-order valence-electron chi connectivity index (χ2n) is 8.22. The van der Waals surface area contributed by atoms with Crippen LogP contribution in [-0.2, 0) is 4.79 Å². The van der Waals surface area contributed by atoms with Crippen LogP contribution in [0.5, 0.6) is 0 Å². The highest BCUT2D eigenvalue weighted by Crippen LogP contribution is 2.26. The first-order valence-electron chi connectivity index (χ1n) is 11.6. The Kier molecular flexibility index (Phi) is 6.40. The van der Waals surface area contributed by atoms with Gasteiger partial charge in [0.2, 0.25) is 0 Å². The lowest BCUT2D eigenvalue weighted by atomic mass is 10.0. The number of carbonyl (C=O) groups excluding carboxylic acids is 1. The number of benzene rings is 3. The molecule has 0 saturated heterocycles. The van der Waals surface area contributed by atoms with E-state index in [1.807, 2.05) is 97.9 Å². The molecule has 176 valence electrons. The van der Waals surface area contributed by atoms with Crippen molar-refractivity contribution in [1.82, 2.24) is 9.78 Å². The molecule has 1 aliphatic rings. The second kappa shape index (κ2) is 10.1. The first-order chi connectivity index (χ1) is 17.6. The van der Waals surface area contributed by atoms with Gasteiger partial charge in [-0.1, -0.05) is 85.0 Å². The minimum atomic E-state index is -0.194. The zero-order chi connectivity index (χ0) is 24.9. The third-order valence-electron chi connectivity index (χ3n) is 5.81. The molecule has 0 fully saturated rings. The Hall–Kier alpha value is -4.97. The SMILES string of the molecule is Cc1[nH]n(-c2ccccc2)c(=O)c1/C=C/C=C/C=C1/C(=O)N(c2ccccc2)N=C1c1ccccc1. The minimum Gasteiger partial charge on any atom is -0.295 e. The summed E-state index contributed by atoms with van der Waals surface area (Å²) in [6.45, 7) is 1.87. The molecule has 0 aliphatic carbocycles. The fraction of sp³-hybridized carbons (Fsp3) is 0.0333. The number of carbonyl (C=O) groups is 1. The zero-order valence-electron chi connectivity index (χ0n) is 19.7. The van der Waals surface area contributed by atoms with E-state index in [2.05, 4.69) is 10.2 Å². The lowest BCUT2D eigenvalue weighted by molar-refractivity contribution is -0.114. The van der Waals surface area contributed by atoms with Gasteiger partial charge in [-0.15, -0.1) is 0 Å². The topological polar surface area (TPSA) is 70.5 Å². The van der Waals surface area contributed by atoms with Crippen LogP contribution in [0.25, 0.3) is 11.8 Å². The van der Waals surface area contributed by atoms with Crippen molar-refractivity contribution in [3.05, 3.63) is 148 Å². The van der Waals surface area contributed by atoms with Crippen molar-refractivity contribution >= 4 is 23.4 Å². The highest BCUT2D eigenvalue weighted by atomic mass is 16.2. The summed E-state index contributed by atoms with van der Waals surface area (Å²) >= 11 is 0. The number of aryl methyl sites for hydroxylation is 1. The molecule has 0 bridgehead atoms. The number of aromatic nitrogens is 2. The van der Waals surface area contributed by atoms with E-state index in [0.29, 0.717) is 22.5 Å². The van der Waals surface area contributed by atoms with Crippen molar-refractivity contribution in [2.24, 2.45) is 5.10 Å². The maximum absolute atomic E-state index is 13.2. The van der Waals surface area contributed by atoms with Gasteiger partial charge in [0.15, 0.2) is 0 Å². The van der Waals surface area contributed by atoms with Gasteiger partial charge in [-0.25, -0.2) is 4.68 Å². The number of nitrogens with one attached hydrogen (secondary N) is 1. The summed E-state index contributed by atoms with van der Waals surface area (Å²) < 4.78 is 1.53. The van der Waals surface area contributed by atoms with E-state index in [1.54, 1.807) is 30.4 Å². The van der Waals surface area contributed by atoms with Crippen LogP contribution < -0.4 is 10.6 Å². The number of allylic oxidation sites excluding steroid dienone is 4. The molecule has 0 radical (unpaired) electrons. The van der Waals surface area contributed by atoms with E-state index in [4.69, 9.17) is 0 Å². The molecular weight excluding hydrogens is 448 g/mol.